The number of aryl methyl sites for hydroxylation is 1. The predicted octanol–water partition coefficient (Wildman–Crippen LogP) is 3.35. The summed E-state index contributed by atoms with van der Waals surface area (Å²) in [6.07, 6.45) is 1.33. The van der Waals surface area contributed by atoms with Gasteiger partial charge in [0, 0.05) is 0 Å². The summed E-state index contributed by atoms with van der Waals surface area (Å²) in [5.41, 5.74) is 2.72. The van der Waals surface area contributed by atoms with Crippen LogP contribution < -0.4 is 10.1 Å². The van der Waals surface area contributed by atoms with E-state index in [0.29, 0.717) is 0 Å². The number of hydrogen-bond donors (Lipinski definition) is 1. The molecule has 1 aliphatic carbocycles. The Kier molecular flexibility index (Phi) is 4.28. The third-order valence-electron chi connectivity index (χ3n) is 3.73. The van der Waals surface area contributed by atoms with Gasteiger partial charge in [-0.05, 0) is 61.4 Å². The largest absolute Gasteiger partial charge is 0.496 e. The molecule has 0 bridgehead atoms. The normalized spacial score (nSPS) is 22.3. The van der Waals surface area contributed by atoms with Crippen molar-refractivity contribution in [1.29, 1.82) is 0 Å². The minimum Gasteiger partial charge on any atom is -0.496 e. The van der Waals surface area contributed by atoms with Crippen molar-refractivity contribution in [2.45, 2.75) is 33.1 Å². The first-order chi connectivity index (χ1) is 8.61. The van der Waals surface area contributed by atoms with Crippen LogP contribution in [0.4, 0.5) is 0 Å². The molecule has 0 saturated heterocycles. The molecule has 2 nitrogen and oxygen atoms in total. The molecule has 2 atom stereocenters. The second kappa shape index (κ2) is 5.75. The fourth-order valence-electron chi connectivity index (χ4n) is 2.57. The number of methoxy groups -OCH3 is 1. The lowest BCUT2D eigenvalue weighted by Gasteiger charge is -2.08. The Morgan fingerprint density at radius 2 is 2.17 bits per heavy atom. The average molecular weight is 247 g/mol. The zero-order chi connectivity index (χ0) is 13.1. The van der Waals surface area contributed by atoms with Gasteiger partial charge >= 0.3 is 0 Å². The number of hydrogen-bond acceptors (Lipinski definition) is 2. The summed E-state index contributed by atoms with van der Waals surface area (Å²) in [7, 11) is 1.73. The predicted molar refractivity (Wildman–Crippen MR) is 76.3 cm³/mol. The lowest BCUT2D eigenvalue weighted by Crippen LogP contribution is -2.22. The van der Waals surface area contributed by atoms with Crippen molar-refractivity contribution in [2.75, 3.05) is 20.2 Å². The molecule has 0 aliphatic heterocycles. The van der Waals surface area contributed by atoms with Crippen molar-refractivity contribution < 1.29 is 4.74 Å². The van der Waals surface area contributed by atoms with Gasteiger partial charge < -0.3 is 10.1 Å². The monoisotopic (exact) mass is 247 g/mol. The van der Waals surface area contributed by atoms with Crippen LogP contribution in [0.2, 0.25) is 0 Å². The summed E-state index contributed by atoms with van der Waals surface area (Å²) < 4.78 is 5.31. The summed E-state index contributed by atoms with van der Waals surface area (Å²) in [4.78, 5) is 0. The highest BCUT2D eigenvalue weighted by Crippen LogP contribution is 2.47. The van der Waals surface area contributed by atoms with Gasteiger partial charge in [0.15, 0.2) is 0 Å². The third kappa shape index (κ3) is 3.26. The summed E-state index contributed by atoms with van der Waals surface area (Å²) in [5, 5.41) is 3.56. The van der Waals surface area contributed by atoms with Crippen molar-refractivity contribution in [3.8, 4) is 5.75 Å². The van der Waals surface area contributed by atoms with Gasteiger partial charge in [-0.3, -0.25) is 0 Å². The van der Waals surface area contributed by atoms with Gasteiger partial charge in [-0.25, -0.2) is 0 Å². The smallest absolute Gasteiger partial charge is 0.121 e. The van der Waals surface area contributed by atoms with Crippen molar-refractivity contribution in [2.24, 2.45) is 11.8 Å². The topological polar surface area (TPSA) is 21.3 Å². The van der Waals surface area contributed by atoms with Crippen LogP contribution in [-0.4, -0.2) is 20.2 Å². The number of nitrogens with one attached hydrogen (secondary N) is 1. The Labute approximate surface area is 111 Å². The molecule has 0 amide bonds. The lowest BCUT2D eigenvalue weighted by atomic mass is 10.1. The van der Waals surface area contributed by atoms with Gasteiger partial charge in [0.2, 0.25) is 0 Å². The first-order valence-corrected chi connectivity index (χ1v) is 6.97. The van der Waals surface area contributed by atoms with E-state index in [1.54, 1.807) is 7.11 Å². The fraction of sp³-hybridized carbons (Fsp3) is 0.625. The number of ether oxygens (including phenoxy) is 1. The molecule has 1 fully saturated rings. The molecule has 1 aromatic carbocycles. The van der Waals surface area contributed by atoms with E-state index in [4.69, 9.17) is 4.74 Å². The van der Waals surface area contributed by atoms with Crippen molar-refractivity contribution in [3.05, 3.63) is 29.3 Å². The quantitative estimate of drug-likeness (QED) is 0.832. The molecule has 0 aromatic heterocycles. The zero-order valence-corrected chi connectivity index (χ0v) is 12.0. The summed E-state index contributed by atoms with van der Waals surface area (Å²) in [6, 6.07) is 6.60. The van der Waals surface area contributed by atoms with Gasteiger partial charge in [-0.1, -0.05) is 26.0 Å². The van der Waals surface area contributed by atoms with Crippen molar-refractivity contribution in [1.82, 2.24) is 5.32 Å². The van der Waals surface area contributed by atoms with Crippen LogP contribution in [0, 0.1) is 18.8 Å². The van der Waals surface area contributed by atoms with Crippen LogP contribution >= 0.6 is 0 Å². The molecule has 18 heavy (non-hydrogen) atoms. The van der Waals surface area contributed by atoms with E-state index in [0.717, 1.165) is 36.6 Å². The molecule has 0 radical (unpaired) electrons. The molecular weight excluding hydrogens is 222 g/mol. The first-order valence-electron chi connectivity index (χ1n) is 6.97. The van der Waals surface area contributed by atoms with Crippen molar-refractivity contribution in [3.63, 3.8) is 0 Å². The molecule has 0 spiro atoms. The van der Waals surface area contributed by atoms with Crippen LogP contribution in [0.5, 0.6) is 5.75 Å². The van der Waals surface area contributed by atoms with Crippen LogP contribution in [0.25, 0.3) is 0 Å². The zero-order valence-electron chi connectivity index (χ0n) is 12.0. The molecular formula is C16H25NO. The minimum absolute atomic E-state index is 0.741. The van der Waals surface area contributed by atoms with Gasteiger partial charge in [-0.15, -0.1) is 0 Å². The van der Waals surface area contributed by atoms with Crippen LogP contribution in [0.15, 0.2) is 18.2 Å². The van der Waals surface area contributed by atoms with Crippen molar-refractivity contribution >= 4 is 0 Å². The second-order valence-electron chi connectivity index (χ2n) is 5.88. The van der Waals surface area contributed by atoms with Crippen LogP contribution in [-0.2, 0) is 0 Å². The second-order valence-corrected chi connectivity index (χ2v) is 5.88. The first kappa shape index (κ1) is 13.4. The van der Waals surface area contributed by atoms with E-state index in [1.165, 1.54) is 17.5 Å². The molecule has 0 heterocycles. The molecule has 2 unspecified atom stereocenters. The molecule has 2 rings (SSSR count). The maximum absolute atomic E-state index is 5.31. The van der Waals surface area contributed by atoms with E-state index in [-0.39, 0.29) is 0 Å². The van der Waals surface area contributed by atoms with Crippen LogP contribution in [0.3, 0.4) is 0 Å². The molecule has 1 saturated carbocycles. The highest BCUT2D eigenvalue weighted by atomic mass is 16.5. The molecule has 1 aliphatic rings. The Morgan fingerprint density at radius 3 is 2.78 bits per heavy atom. The summed E-state index contributed by atoms with van der Waals surface area (Å²) in [6.45, 7) is 8.92. The van der Waals surface area contributed by atoms with Gasteiger partial charge in [-0.2, -0.15) is 0 Å². The molecule has 2 heteroatoms. The van der Waals surface area contributed by atoms with Gasteiger partial charge in [0.25, 0.3) is 0 Å². The third-order valence-corrected chi connectivity index (χ3v) is 3.73. The minimum atomic E-state index is 0.741. The summed E-state index contributed by atoms with van der Waals surface area (Å²) >= 11 is 0. The molecule has 1 aromatic rings. The Hall–Kier alpha value is -1.02. The molecule has 1 N–H and O–H groups in total. The van der Waals surface area contributed by atoms with E-state index in [2.05, 4.69) is 44.3 Å². The summed E-state index contributed by atoms with van der Waals surface area (Å²) in [5.74, 6) is 3.32. The SMILES string of the molecule is COc1ccc(C2CC2CNCC(C)C)cc1C. The van der Waals surface area contributed by atoms with Gasteiger partial charge in [0.05, 0.1) is 7.11 Å². The maximum atomic E-state index is 5.31. The standard InChI is InChI=1S/C16H25NO/c1-11(2)9-17-10-14-8-15(14)13-5-6-16(18-4)12(3)7-13/h5-7,11,14-15,17H,8-10H2,1-4H3. The lowest BCUT2D eigenvalue weighted by molar-refractivity contribution is 0.411. The highest BCUT2D eigenvalue weighted by molar-refractivity contribution is 5.39. The van der Waals surface area contributed by atoms with E-state index in [1.807, 2.05) is 0 Å². The fourth-order valence-corrected chi connectivity index (χ4v) is 2.57. The Balaban J connectivity index is 1.85. The van der Waals surface area contributed by atoms with Gasteiger partial charge in [0.1, 0.15) is 5.75 Å². The van der Waals surface area contributed by atoms with Crippen LogP contribution in [0.1, 0.15) is 37.3 Å². The van der Waals surface area contributed by atoms with E-state index >= 15 is 0 Å². The highest BCUT2D eigenvalue weighted by Gasteiger charge is 2.37. The average Bonchev–Trinajstić information content (AvgIpc) is 3.08. The molecule has 100 valence electrons. The number of benzene rings is 1. The van der Waals surface area contributed by atoms with E-state index in [9.17, 15) is 0 Å². The Morgan fingerprint density at radius 1 is 1.39 bits per heavy atom. The number of rotatable bonds is 6. The Bertz CT molecular complexity index is 400. The maximum Gasteiger partial charge on any atom is 0.121 e. The van der Waals surface area contributed by atoms with E-state index < -0.39 is 0 Å².